The normalized spacial score (nSPS) is 19.8. The van der Waals surface area contributed by atoms with E-state index in [1.165, 1.54) is 0 Å². The SMILES string of the molecule is CC(C)OC(=O)CC(NC(=O)CN1C(=O)NC2(CCc3ccccc32)C1=O)c1ccccc1Cl. The molecule has 0 aromatic heterocycles. The second-order valence-electron chi connectivity index (χ2n) is 8.77. The van der Waals surface area contributed by atoms with Gasteiger partial charge in [-0.1, -0.05) is 54.1 Å². The van der Waals surface area contributed by atoms with Crippen molar-refractivity contribution in [3.8, 4) is 0 Å². The van der Waals surface area contributed by atoms with Gasteiger partial charge in [-0.25, -0.2) is 4.79 Å². The van der Waals surface area contributed by atoms with Crippen molar-refractivity contribution in [3.05, 3.63) is 70.2 Å². The van der Waals surface area contributed by atoms with Gasteiger partial charge in [-0.3, -0.25) is 19.3 Å². The number of imide groups is 1. The predicted octanol–water partition coefficient (Wildman–Crippen LogP) is 3.23. The van der Waals surface area contributed by atoms with E-state index in [1.807, 2.05) is 24.3 Å². The largest absolute Gasteiger partial charge is 0.463 e. The van der Waals surface area contributed by atoms with E-state index in [0.29, 0.717) is 23.4 Å². The Kier molecular flexibility index (Phi) is 6.61. The highest BCUT2D eigenvalue weighted by atomic mass is 35.5. The van der Waals surface area contributed by atoms with Crippen LogP contribution in [0.25, 0.3) is 0 Å². The number of nitrogens with one attached hydrogen (secondary N) is 2. The lowest BCUT2D eigenvalue weighted by Crippen LogP contribution is -2.44. The third kappa shape index (κ3) is 4.50. The number of fused-ring (bicyclic) bond motifs is 2. The second kappa shape index (κ2) is 9.46. The number of benzene rings is 2. The maximum absolute atomic E-state index is 13.3. The first-order chi connectivity index (χ1) is 16.2. The highest BCUT2D eigenvalue weighted by molar-refractivity contribution is 6.31. The minimum absolute atomic E-state index is 0.148. The molecule has 178 valence electrons. The zero-order valence-electron chi connectivity index (χ0n) is 19.0. The Labute approximate surface area is 202 Å². The van der Waals surface area contributed by atoms with Crippen LogP contribution in [0, 0.1) is 0 Å². The Balaban J connectivity index is 1.51. The van der Waals surface area contributed by atoms with Gasteiger partial charge in [-0.2, -0.15) is 0 Å². The zero-order chi connectivity index (χ0) is 24.5. The monoisotopic (exact) mass is 483 g/mol. The van der Waals surface area contributed by atoms with Crippen molar-refractivity contribution in [3.63, 3.8) is 0 Å². The molecule has 0 bridgehead atoms. The molecule has 4 rings (SSSR count). The first-order valence-electron chi connectivity index (χ1n) is 11.2. The highest BCUT2D eigenvalue weighted by Crippen LogP contribution is 2.41. The molecule has 2 aromatic carbocycles. The summed E-state index contributed by atoms with van der Waals surface area (Å²) < 4.78 is 5.23. The van der Waals surface area contributed by atoms with E-state index in [9.17, 15) is 19.2 Å². The Morgan fingerprint density at radius 1 is 1.15 bits per heavy atom. The third-order valence-corrected chi connectivity index (χ3v) is 6.42. The van der Waals surface area contributed by atoms with Gasteiger partial charge in [-0.15, -0.1) is 0 Å². The summed E-state index contributed by atoms with van der Waals surface area (Å²) in [4.78, 5) is 52.2. The van der Waals surface area contributed by atoms with Crippen molar-refractivity contribution >= 4 is 35.4 Å². The molecule has 1 fully saturated rings. The van der Waals surface area contributed by atoms with Gasteiger partial charge in [0.25, 0.3) is 5.91 Å². The number of hydrogen-bond acceptors (Lipinski definition) is 5. The quantitative estimate of drug-likeness (QED) is 0.464. The van der Waals surface area contributed by atoms with Gasteiger partial charge in [0.05, 0.1) is 18.6 Å². The molecule has 9 heteroatoms. The lowest BCUT2D eigenvalue weighted by molar-refractivity contribution is -0.148. The highest BCUT2D eigenvalue weighted by Gasteiger charge is 2.55. The summed E-state index contributed by atoms with van der Waals surface area (Å²) in [5.74, 6) is -1.54. The van der Waals surface area contributed by atoms with Crippen LogP contribution in [0.1, 0.15) is 49.4 Å². The van der Waals surface area contributed by atoms with E-state index in [4.69, 9.17) is 16.3 Å². The summed E-state index contributed by atoms with van der Waals surface area (Å²) >= 11 is 6.31. The summed E-state index contributed by atoms with van der Waals surface area (Å²) in [6.45, 7) is 2.99. The van der Waals surface area contributed by atoms with Crippen LogP contribution in [0.2, 0.25) is 5.02 Å². The molecule has 1 aliphatic carbocycles. The number of carbonyl (C=O) groups excluding carboxylic acids is 4. The number of nitrogens with zero attached hydrogens (tertiary/aromatic N) is 1. The standard InChI is InChI=1S/C25H26ClN3O5/c1-15(2)34-22(31)13-20(17-8-4-6-10-19(17)26)27-21(30)14-29-23(32)25(28-24(29)33)12-11-16-7-3-5-9-18(16)25/h3-10,15,20H,11-14H2,1-2H3,(H,27,30)(H,28,33). The molecule has 2 atom stereocenters. The van der Waals surface area contributed by atoms with Crippen molar-refractivity contribution in [1.29, 1.82) is 0 Å². The number of aryl methyl sites for hydroxylation is 1. The van der Waals surface area contributed by atoms with Crippen molar-refractivity contribution in [2.45, 2.75) is 50.8 Å². The molecular formula is C25H26ClN3O5. The van der Waals surface area contributed by atoms with Crippen molar-refractivity contribution in [1.82, 2.24) is 15.5 Å². The molecule has 34 heavy (non-hydrogen) atoms. The number of rotatable bonds is 7. The van der Waals surface area contributed by atoms with Gasteiger partial charge in [-0.05, 0) is 49.4 Å². The molecule has 4 amide bonds. The van der Waals surface area contributed by atoms with E-state index in [-0.39, 0.29) is 12.5 Å². The van der Waals surface area contributed by atoms with E-state index in [0.717, 1.165) is 16.0 Å². The fourth-order valence-corrected chi connectivity index (χ4v) is 4.86. The zero-order valence-corrected chi connectivity index (χ0v) is 19.7. The first-order valence-corrected chi connectivity index (χ1v) is 11.5. The topological polar surface area (TPSA) is 105 Å². The van der Waals surface area contributed by atoms with Crippen LogP contribution in [0.5, 0.6) is 0 Å². The summed E-state index contributed by atoms with van der Waals surface area (Å²) in [7, 11) is 0. The average molecular weight is 484 g/mol. The molecule has 2 N–H and O–H groups in total. The van der Waals surface area contributed by atoms with E-state index in [2.05, 4.69) is 10.6 Å². The van der Waals surface area contributed by atoms with Crippen LogP contribution in [-0.2, 0) is 31.1 Å². The number of ether oxygens (including phenoxy) is 1. The number of hydrogen-bond donors (Lipinski definition) is 2. The third-order valence-electron chi connectivity index (χ3n) is 6.08. The summed E-state index contributed by atoms with van der Waals surface area (Å²) in [6.07, 6.45) is 0.643. The van der Waals surface area contributed by atoms with Gasteiger partial charge >= 0.3 is 12.0 Å². The fraction of sp³-hybridized carbons (Fsp3) is 0.360. The van der Waals surface area contributed by atoms with Gasteiger partial charge < -0.3 is 15.4 Å². The predicted molar refractivity (Wildman–Crippen MR) is 125 cm³/mol. The van der Waals surface area contributed by atoms with Crippen molar-refractivity contribution in [2.75, 3.05) is 6.54 Å². The number of esters is 1. The van der Waals surface area contributed by atoms with E-state index in [1.54, 1.807) is 38.1 Å². The van der Waals surface area contributed by atoms with Gasteiger partial charge in [0.15, 0.2) is 0 Å². The molecule has 1 aliphatic heterocycles. The maximum Gasteiger partial charge on any atom is 0.325 e. The molecule has 0 radical (unpaired) electrons. The maximum atomic E-state index is 13.3. The number of halogens is 1. The van der Waals surface area contributed by atoms with Gasteiger partial charge in [0.2, 0.25) is 5.91 Å². The van der Waals surface area contributed by atoms with E-state index >= 15 is 0 Å². The lowest BCUT2D eigenvalue weighted by Gasteiger charge is -2.23. The summed E-state index contributed by atoms with van der Waals surface area (Å²) in [5.41, 5.74) is 1.17. The Morgan fingerprint density at radius 2 is 1.85 bits per heavy atom. The molecule has 0 saturated carbocycles. The Hall–Kier alpha value is -3.39. The summed E-state index contributed by atoms with van der Waals surface area (Å²) in [5, 5.41) is 5.92. The molecule has 2 aromatic rings. The van der Waals surface area contributed by atoms with Crippen LogP contribution in [-0.4, -0.2) is 41.4 Å². The van der Waals surface area contributed by atoms with Crippen LogP contribution < -0.4 is 10.6 Å². The molecule has 1 spiro atoms. The minimum atomic E-state index is -1.14. The minimum Gasteiger partial charge on any atom is -0.463 e. The fourth-order valence-electron chi connectivity index (χ4n) is 4.59. The average Bonchev–Trinajstić information content (AvgIpc) is 3.26. The smallest absolute Gasteiger partial charge is 0.325 e. The van der Waals surface area contributed by atoms with Gasteiger partial charge in [0, 0.05) is 5.02 Å². The van der Waals surface area contributed by atoms with Crippen molar-refractivity contribution < 1.29 is 23.9 Å². The summed E-state index contributed by atoms with van der Waals surface area (Å²) in [6, 6.07) is 12.9. The number of carbonyl (C=O) groups is 4. The molecule has 1 saturated heterocycles. The van der Waals surface area contributed by atoms with Crippen LogP contribution >= 0.6 is 11.6 Å². The van der Waals surface area contributed by atoms with Gasteiger partial charge in [0.1, 0.15) is 12.1 Å². The van der Waals surface area contributed by atoms with Crippen LogP contribution in [0.3, 0.4) is 0 Å². The lowest BCUT2D eigenvalue weighted by atomic mass is 9.92. The second-order valence-corrected chi connectivity index (χ2v) is 9.18. The molecule has 2 unspecified atom stereocenters. The molecule has 8 nitrogen and oxygen atoms in total. The molecule has 1 heterocycles. The molecule has 2 aliphatic rings. The Bertz CT molecular complexity index is 1150. The van der Waals surface area contributed by atoms with Crippen LogP contribution in [0.4, 0.5) is 4.79 Å². The molecular weight excluding hydrogens is 458 g/mol. The number of amides is 4. The van der Waals surface area contributed by atoms with E-state index < -0.39 is 41.9 Å². The number of urea groups is 1. The first kappa shape index (κ1) is 23.8. The van der Waals surface area contributed by atoms with Crippen LogP contribution in [0.15, 0.2) is 48.5 Å². The van der Waals surface area contributed by atoms with Crippen molar-refractivity contribution in [2.24, 2.45) is 0 Å². The Morgan fingerprint density at radius 3 is 2.59 bits per heavy atom.